The summed E-state index contributed by atoms with van der Waals surface area (Å²) in [7, 11) is 0. The minimum absolute atomic E-state index is 0.177. The Morgan fingerprint density at radius 3 is 2.50 bits per heavy atom. The van der Waals surface area contributed by atoms with Crippen molar-refractivity contribution in [3.05, 3.63) is 12.2 Å². The molecule has 0 aromatic carbocycles. The number of carbonyl (C=O) groups excluding carboxylic acids is 1. The first-order valence-corrected chi connectivity index (χ1v) is 8.65. The van der Waals surface area contributed by atoms with Crippen molar-refractivity contribution in [1.82, 2.24) is 0 Å². The number of carboxylic acids is 1. The third kappa shape index (κ3) is 7.21. The molecule has 0 aromatic rings. The van der Waals surface area contributed by atoms with E-state index < -0.39 is 5.97 Å². The van der Waals surface area contributed by atoms with Crippen molar-refractivity contribution in [2.75, 3.05) is 0 Å². The molecule has 0 bridgehead atoms. The van der Waals surface area contributed by atoms with Crippen LogP contribution in [0.3, 0.4) is 0 Å². The van der Waals surface area contributed by atoms with E-state index in [1.165, 1.54) is 0 Å². The lowest BCUT2D eigenvalue weighted by Gasteiger charge is -2.19. The van der Waals surface area contributed by atoms with E-state index in [0.29, 0.717) is 12.3 Å². The molecule has 126 valence electrons. The van der Waals surface area contributed by atoms with Crippen LogP contribution in [0, 0.1) is 11.8 Å². The second-order valence-electron chi connectivity index (χ2n) is 6.39. The van der Waals surface area contributed by atoms with Crippen molar-refractivity contribution in [3.63, 3.8) is 0 Å². The second kappa shape index (κ2) is 10.5. The predicted molar refractivity (Wildman–Crippen MR) is 86.6 cm³/mol. The summed E-state index contributed by atoms with van der Waals surface area (Å²) >= 11 is 0. The molecule has 0 saturated heterocycles. The zero-order valence-corrected chi connectivity index (χ0v) is 13.7. The van der Waals surface area contributed by atoms with Crippen LogP contribution in [0.2, 0.25) is 0 Å². The van der Waals surface area contributed by atoms with Gasteiger partial charge < -0.3 is 10.2 Å². The Labute approximate surface area is 133 Å². The lowest BCUT2D eigenvalue weighted by Crippen LogP contribution is -2.18. The van der Waals surface area contributed by atoms with Gasteiger partial charge in [0.05, 0.1) is 6.10 Å². The number of aliphatic hydroxyl groups is 1. The van der Waals surface area contributed by atoms with Crippen LogP contribution in [-0.2, 0) is 9.59 Å². The van der Waals surface area contributed by atoms with Gasteiger partial charge in [-0.3, -0.25) is 9.59 Å². The molecule has 1 aliphatic rings. The third-order valence-electron chi connectivity index (χ3n) is 4.54. The zero-order chi connectivity index (χ0) is 16.4. The van der Waals surface area contributed by atoms with Crippen molar-refractivity contribution in [2.45, 2.75) is 77.2 Å². The van der Waals surface area contributed by atoms with Crippen molar-refractivity contribution >= 4 is 11.8 Å². The van der Waals surface area contributed by atoms with Gasteiger partial charge in [-0.1, -0.05) is 32.3 Å². The van der Waals surface area contributed by atoms with Gasteiger partial charge in [-0.05, 0) is 50.0 Å². The molecule has 0 amide bonds. The Balaban J connectivity index is 2.29. The number of carbonyl (C=O) groups is 2. The number of hydrogen-bond acceptors (Lipinski definition) is 3. The van der Waals surface area contributed by atoms with E-state index in [0.717, 1.165) is 51.4 Å². The second-order valence-corrected chi connectivity index (χ2v) is 6.39. The fourth-order valence-electron chi connectivity index (χ4n) is 3.29. The summed E-state index contributed by atoms with van der Waals surface area (Å²) in [5.74, 6) is 0.0180. The van der Waals surface area contributed by atoms with Gasteiger partial charge in [0.15, 0.2) is 5.78 Å². The number of rotatable bonds is 11. The normalized spacial score (nSPS) is 24.9. The van der Waals surface area contributed by atoms with Crippen LogP contribution in [0.15, 0.2) is 12.2 Å². The van der Waals surface area contributed by atoms with Crippen LogP contribution in [-0.4, -0.2) is 28.1 Å². The minimum atomic E-state index is -0.729. The molecule has 1 fully saturated rings. The van der Waals surface area contributed by atoms with Crippen LogP contribution in [0.1, 0.15) is 71.1 Å². The van der Waals surface area contributed by atoms with Crippen LogP contribution in [0.25, 0.3) is 0 Å². The van der Waals surface area contributed by atoms with E-state index >= 15 is 0 Å². The van der Waals surface area contributed by atoms with Gasteiger partial charge in [0.25, 0.3) is 0 Å². The van der Waals surface area contributed by atoms with E-state index in [-0.39, 0.29) is 24.2 Å². The summed E-state index contributed by atoms with van der Waals surface area (Å²) < 4.78 is 0. The van der Waals surface area contributed by atoms with Crippen LogP contribution >= 0.6 is 0 Å². The van der Waals surface area contributed by atoms with Crippen LogP contribution in [0.4, 0.5) is 0 Å². The molecule has 4 heteroatoms. The molecule has 3 unspecified atom stereocenters. The van der Waals surface area contributed by atoms with E-state index in [1.807, 2.05) is 13.0 Å². The molecular weight excluding hydrogens is 280 g/mol. The number of carboxylic acid groups (broad SMARTS) is 1. The number of aliphatic carboxylic acids is 1. The highest BCUT2D eigenvalue weighted by Crippen LogP contribution is 2.36. The standard InChI is InChI=1S/C18H30O4/c1-2-7-15(19)12-10-14-11-13-17(20)16(14)8-5-3-4-6-9-18(21)22/h10,12,14,16-17,20H,2-9,11,13H2,1H3,(H,21,22). The molecule has 0 spiro atoms. The summed E-state index contributed by atoms with van der Waals surface area (Å²) in [4.78, 5) is 22.0. The van der Waals surface area contributed by atoms with Gasteiger partial charge in [-0.25, -0.2) is 0 Å². The topological polar surface area (TPSA) is 74.6 Å². The van der Waals surface area contributed by atoms with E-state index in [2.05, 4.69) is 0 Å². The SMILES string of the molecule is CCCC(=O)C=CC1CCC(O)C1CCCCCCC(=O)O. The molecule has 1 rings (SSSR count). The molecule has 0 aromatic heterocycles. The number of ketones is 1. The van der Waals surface area contributed by atoms with E-state index in [4.69, 9.17) is 5.11 Å². The highest BCUT2D eigenvalue weighted by Gasteiger charge is 2.32. The molecule has 0 heterocycles. The zero-order valence-electron chi connectivity index (χ0n) is 13.7. The van der Waals surface area contributed by atoms with Gasteiger partial charge in [0.2, 0.25) is 0 Å². The monoisotopic (exact) mass is 310 g/mol. The van der Waals surface area contributed by atoms with Crippen LogP contribution < -0.4 is 0 Å². The largest absolute Gasteiger partial charge is 0.481 e. The van der Waals surface area contributed by atoms with Gasteiger partial charge >= 0.3 is 5.97 Å². The van der Waals surface area contributed by atoms with Crippen molar-refractivity contribution in [1.29, 1.82) is 0 Å². The number of aliphatic hydroxyl groups excluding tert-OH is 1. The van der Waals surface area contributed by atoms with Crippen LogP contribution in [0.5, 0.6) is 0 Å². The summed E-state index contributed by atoms with van der Waals surface area (Å²) in [6.07, 6.45) is 11.6. The average molecular weight is 310 g/mol. The van der Waals surface area contributed by atoms with E-state index in [1.54, 1.807) is 6.08 Å². The summed E-state index contributed by atoms with van der Waals surface area (Å²) in [6, 6.07) is 0. The Hall–Kier alpha value is -1.16. The van der Waals surface area contributed by atoms with Gasteiger partial charge in [0.1, 0.15) is 0 Å². The molecule has 22 heavy (non-hydrogen) atoms. The lowest BCUT2D eigenvalue weighted by molar-refractivity contribution is -0.137. The smallest absolute Gasteiger partial charge is 0.303 e. The highest BCUT2D eigenvalue weighted by molar-refractivity contribution is 5.89. The Morgan fingerprint density at radius 1 is 1.09 bits per heavy atom. The highest BCUT2D eigenvalue weighted by atomic mass is 16.4. The number of unbranched alkanes of at least 4 members (excludes halogenated alkanes) is 3. The molecule has 3 atom stereocenters. The molecular formula is C18H30O4. The summed E-state index contributed by atoms with van der Waals surface area (Å²) in [6.45, 7) is 2.00. The van der Waals surface area contributed by atoms with Gasteiger partial charge in [-0.2, -0.15) is 0 Å². The Morgan fingerprint density at radius 2 is 1.82 bits per heavy atom. The maximum Gasteiger partial charge on any atom is 0.303 e. The third-order valence-corrected chi connectivity index (χ3v) is 4.54. The quantitative estimate of drug-likeness (QED) is 0.450. The van der Waals surface area contributed by atoms with Crippen molar-refractivity contribution < 1.29 is 19.8 Å². The molecule has 1 aliphatic carbocycles. The lowest BCUT2D eigenvalue weighted by atomic mass is 9.88. The molecule has 0 radical (unpaired) electrons. The van der Waals surface area contributed by atoms with Gasteiger partial charge in [0, 0.05) is 12.8 Å². The number of hydrogen-bond donors (Lipinski definition) is 2. The molecule has 1 saturated carbocycles. The average Bonchev–Trinajstić information content (AvgIpc) is 2.81. The van der Waals surface area contributed by atoms with Gasteiger partial charge in [-0.15, -0.1) is 0 Å². The first-order valence-electron chi connectivity index (χ1n) is 8.65. The van der Waals surface area contributed by atoms with Crippen molar-refractivity contribution in [3.8, 4) is 0 Å². The minimum Gasteiger partial charge on any atom is -0.481 e. The summed E-state index contributed by atoms with van der Waals surface area (Å²) in [5.41, 5.74) is 0. The molecule has 2 N–H and O–H groups in total. The first-order chi connectivity index (χ1) is 10.5. The fraction of sp³-hybridized carbons (Fsp3) is 0.778. The summed E-state index contributed by atoms with van der Waals surface area (Å²) in [5, 5.41) is 18.7. The molecule has 4 nitrogen and oxygen atoms in total. The fourth-order valence-corrected chi connectivity index (χ4v) is 3.29. The Bertz CT molecular complexity index is 375. The van der Waals surface area contributed by atoms with Crippen molar-refractivity contribution in [2.24, 2.45) is 11.8 Å². The Kier molecular flexibility index (Phi) is 9.05. The predicted octanol–water partition coefficient (Wildman–Crippen LogP) is 3.72. The van der Waals surface area contributed by atoms with E-state index in [9.17, 15) is 14.7 Å². The maximum atomic E-state index is 11.6. The number of allylic oxidation sites excluding steroid dienone is 2. The first kappa shape index (κ1) is 18.9. The maximum absolute atomic E-state index is 11.6. The molecule has 0 aliphatic heterocycles.